The number of methoxy groups -OCH3 is 1. The molecule has 9 nitrogen and oxygen atoms in total. The van der Waals surface area contributed by atoms with Gasteiger partial charge in [0.1, 0.15) is 17.1 Å². The van der Waals surface area contributed by atoms with E-state index in [0.717, 1.165) is 10.1 Å². The van der Waals surface area contributed by atoms with Crippen LogP contribution in [0.1, 0.15) is 27.5 Å². The van der Waals surface area contributed by atoms with Crippen molar-refractivity contribution in [2.75, 3.05) is 7.11 Å². The van der Waals surface area contributed by atoms with Gasteiger partial charge in [0.2, 0.25) is 5.89 Å². The lowest BCUT2D eigenvalue weighted by atomic mass is 10.1. The lowest BCUT2D eigenvalue weighted by molar-refractivity contribution is 0.0602. The molecule has 0 aliphatic carbocycles. The molecule has 0 bridgehead atoms. The molecule has 158 valence electrons. The first-order chi connectivity index (χ1) is 14.8. The average molecular weight is 420 g/mol. The molecule has 0 spiro atoms. The van der Waals surface area contributed by atoms with Crippen molar-refractivity contribution in [3.05, 3.63) is 79.9 Å². The van der Waals surface area contributed by atoms with E-state index in [1.807, 2.05) is 30.3 Å². The Hall–Kier alpha value is -4.01. The number of ether oxygens (including phenoxy) is 1. The van der Waals surface area contributed by atoms with Crippen LogP contribution < -0.4 is 11.2 Å². The van der Waals surface area contributed by atoms with Gasteiger partial charge in [0.05, 0.1) is 24.6 Å². The number of fused-ring (bicyclic) bond motifs is 1. The molecule has 0 N–H and O–H groups in total. The predicted molar refractivity (Wildman–Crippen MR) is 113 cm³/mol. The molecule has 3 aromatic heterocycles. The van der Waals surface area contributed by atoms with Crippen LogP contribution in [0.4, 0.5) is 0 Å². The van der Waals surface area contributed by atoms with Crippen LogP contribution in [0.3, 0.4) is 0 Å². The highest BCUT2D eigenvalue weighted by Gasteiger charge is 2.22. The number of aryl methyl sites for hydroxylation is 3. The molecule has 1 aromatic carbocycles. The predicted octanol–water partition coefficient (Wildman–Crippen LogP) is 2.20. The van der Waals surface area contributed by atoms with Gasteiger partial charge in [-0.25, -0.2) is 19.6 Å². The van der Waals surface area contributed by atoms with Crippen molar-refractivity contribution in [3.63, 3.8) is 0 Å². The zero-order valence-electron chi connectivity index (χ0n) is 17.5. The highest BCUT2D eigenvalue weighted by atomic mass is 16.5. The van der Waals surface area contributed by atoms with Crippen molar-refractivity contribution in [3.8, 4) is 11.5 Å². The van der Waals surface area contributed by atoms with Crippen molar-refractivity contribution in [1.29, 1.82) is 0 Å². The Kier molecular flexibility index (Phi) is 5.02. The summed E-state index contributed by atoms with van der Waals surface area (Å²) in [6.45, 7) is 3.28. The Bertz CT molecular complexity index is 1430. The van der Waals surface area contributed by atoms with Gasteiger partial charge in [0, 0.05) is 18.3 Å². The highest BCUT2D eigenvalue weighted by molar-refractivity contribution is 6.02. The van der Waals surface area contributed by atoms with E-state index >= 15 is 0 Å². The second-order valence-electron chi connectivity index (χ2n) is 7.12. The normalized spacial score (nSPS) is 11.1. The number of hydrogen-bond donors (Lipinski definition) is 0. The molecule has 3 heterocycles. The van der Waals surface area contributed by atoms with E-state index in [1.165, 1.54) is 24.8 Å². The van der Waals surface area contributed by atoms with Crippen LogP contribution in [0.15, 0.2) is 50.4 Å². The Morgan fingerprint density at radius 3 is 2.52 bits per heavy atom. The van der Waals surface area contributed by atoms with Gasteiger partial charge in [0.25, 0.3) is 5.56 Å². The maximum absolute atomic E-state index is 13.3. The summed E-state index contributed by atoms with van der Waals surface area (Å²) >= 11 is 0. The monoisotopic (exact) mass is 420 g/mol. The number of oxazole rings is 1. The van der Waals surface area contributed by atoms with Crippen molar-refractivity contribution >= 4 is 17.0 Å². The van der Waals surface area contributed by atoms with Gasteiger partial charge >= 0.3 is 11.7 Å². The third-order valence-corrected chi connectivity index (χ3v) is 5.05. The zero-order valence-corrected chi connectivity index (χ0v) is 17.5. The summed E-state index contributed by atoms with van der Waals surface area (Å²) in [7, 11) is 2.73. The van der Waals surface area contributed by atoms with E-state index in [0.29, 0.717) is 23.0 Å². The van der Waals surface area contributed by atoms with Crippen LogP contribution in [0.2, 0.25) is 0 Å². The molecule has 0 aliphatic rings. The summed E-state index contributed by atoms with van der Waals surface area (Å²) in [5.41, 5.74) is 0.666. The topological polar surface area (TPSA) is 109 Å². The summed E-state index contributed by atoms with van der Waals surface area (Å²) in [6, 6.07) is 10.8. The molecule has 0 radical (unpaired) electrons. The number of hydrogen-bond acceptors (Lipinski definition) is 7. The van der Waals surface area contributed by atoms with Crippen molar-refractivity contribution in [1.82, 2.24) is 19.1 Å². The minimum atomic E-state index is -0.679. The van der Waals surface area contributed by atoms with Gasteiger partial charge in [-0.15, -0.1) is 0 Å². The summed E-state index contributed by atoms with van der Waals surface area (Å²) in [5, 5.41) is 0.0176. The van der Waals surface area contributed by atoms with Crippen molar-refractivity contribution in [2.24, 2.45) is 7.05 Å². The average Bonchev–Trinajstić information content (AvgIpc) is 3.14. The first kappa shape index (κ1) is 20.3. The van der Waals surface area contributed by atoms with Gasteiger partial charge in [0.15, 0.2) is 0 Å². The maximum Gasteiger partial charge on any atom is 0.338 e. The SMILES string of the molecule is COC(=O)c1cc(C)nc2c1c(=O)n(Cc1nc(-c3ccccc3)oc1C)c(=O)n2C. The summed E-state index contributed by atoms with van der Waals surface area (Å²) < 4.78 is 12.8. The quantitative estimate of drug-likeness (QED) is 0.466. The van der Waals surface area contributed by atoms with Crippen LogP contribution in [-0.4, -0.2) is 32.2 Å². The fourth-order valence-corrected chi connectivity index (χ4v) is 3.44. The van der Waals surface area contributed by atoms with Crippen LogP contribution in [-0.2, 0) is 18.3 Å². The Morgan fingerprint density at radius 1 is 1.13 bits per heavy atom. The van der Waals surface area contributed by atoms with Gasteiger partial charge in [-0.3, -0.25) is 13.9 Å². The Balaban J connectivity index is 1.91. The standard InChI is InChI=1S/C22H20N4O5/c1-12-10-15(21(28)30-4)17-18(23-12)25(3)22(29)26(20(17)27)11-16-13(2)31-19(24-16)14-8-6-5-7-9-14/h5-10H,11H2,1-4H3. The second-order valence-corrected chi connectivity index (χ2v) is 7.12. The minimum Gasteiger partial charge on any atom is -0.465 e. The number of nitrogens with zero attached hydrogens (tertiary/aromatic N) is 4. The Morgan fingerprint density at radius 2 is 1.84 bits per heavy atom. The fourth-order valence-electron chi connectivity index (χ4n) is 3.44. The van der Waals surface area contributed by atoms with Crippen LogP contribution in [0, 0.1) is 13.8 Å². The van der Waals surface area contributed by atoms with E-state index in [9.17, 15) is 14.4 Å². The number of rotatable bonds is 4. The Labute approximate surface area is 176 Å². The van der Waals surface area contributed by atoms with Crippen LogP contribution in [0.5, 0.6) is 0 Å². The molecule has 31 heavy (non-hydrogen) atoms. The van der Waals surface area contributed by atoms with Gasteiger partial charge in [-0.2, -0.15) is 0 Å². The number of aromatic nitrogens is 4. The molecule has 0 amide bonds. The molecular weight excluding hydrogens is 400 g/mol. The fraction of sp³-hybridized carbons (Fsp3) is 0.227. The zero-order chi connectivity index (χ0) is 22.3. The van der Waals surface area contributed by atoms with Gasteiger partial charge in [-0.1, -0.05) is 18.2 Å². The second kappa shape index (κ2) is 7.67. The minimum absolute atomic E-state index is 0.0176. The van der Waals surface area contributed by atoms with Crippen molar-refractivity contribution < 1.29 is 13.9 Å². The molecule has 9 heteroatoms. The number of carbonyl (C=O) groups is 1. The third-order valence-electron chi connectivity index (χ3n) is 5.05. The van der Waals surface area contributed by atoms with Gasteiger partial charge < -0.3 is 9.15 Å². The van der Waals surface area contributed by atoms with E-state index in [-0.39, 0.29) is 23.1 Å². The number of carbonyl (C=O) groups excluding carboxylic acids is 1. The van der Waals surface area contributed by atoms with E-state index in [1.54, 1.807) is 13.8 Å². The van der Waals surface area contributed by atoms with E-state index < -0.39 is 17.2 Å². The smallest absolute Gasteiger partial charge is 0.338 e. The summed E-state index contributed by atoms with van der Waals surface area (Å²) in [5.74, 6) is 0.205. The lowest BCUT2D eigenvalue weighted by Gasteiger charge is -2.12. The molecule has 0 aliphatic heterocycles. The van der Waals surface area contributed by atoms with E-state index in [4.69, 9.17) is 9.15 Å². The van der Waals surface area contributed by atoms with Gasteiger partial charge in [-0.05, 0) is 32.0 Å². The molecule has 0 fully saturated rings. The summed E-state index contributed by atoms with van der Waals surface area (Å²) in [6.07, 6.45) is 0. The molecule has 0 saturated heterocycles. The summed E-state index contributed by atoms with van der Waals surface area (Å²) in [4.78, 5) is 47.3. The number of esters is 1. The molecule has 0 saturated carbocycles. The largest absolute Gasteiger partial charge is 0.465 e. The van der Waals surface area contributed by atoms with Crippen molar-refractivity contribution in [2.45, 2.75) is 20.4 Å². The molecule has 0 unspecified atom stereocenters. The molecular formula is C22H20N4O5. The van der Waals surface area contributed by atoms with Crippen LogP contribution in [0.25, 0.3) is 22.5 Å². The highest BCUT2D eigenvalue weighted by Crippen LogP contribution is 2.22. The van der Waals surface area contributed by atoms with Crippen LogP contribution >= 0.6 is 0 Å². The molecule has 4 rings (SSSR count). The lowest BCUT2D eigenvalue weighted by Crippen LogP contribution is -2.40. The first-order valence-electron chi connectivity index (χ1n) is 9.53. The maximum atomic E-state index is 13.3. The molecule has 4 aromatic rings. The van der Waals surface area contributed by atoms with E-state index in [2.05, 4.69) is 9.97 Å². The molecule has 0 atom stereocenters. The number of benzene rings is 1. The number of pyridine rings is 1. The third kappa shape index (κ3) is 3.43. The first-order valence-corrected chi connectivity index (χ1v) is 9.53.